The average molecular weight is 2620 g/mol. The number of fused-ring (bicyclic) bond motifs is 54. The van der Waals surface area contributed by atoms with Crippen LogP contribution in [0.3, 0.4) is 0 Å². The number of hydrogen-bond acceptors (Lipinski definition) is 0. The molecule has 0 bridgehead atoms. The van der Waals surface area contributed by atoms with Crippen LogP contribution in [0.2, 0.25) is 0 Å². The normalized spacial score (nSPS) is 73.1. The summed E-state index contributed by atoms with van der Waals surface area (Å²) in [4.78, 5) is 0. The summed E-state index contributed by atoms with van der Waals surface area (Å²) in [6.45, 7) is 5.59. The Morgan fingerprint density at radius 1 is 0.144 bits per heavy atom. The van der Waals surface area contributed by atoms with Crippen molar-refractivity contribution in [2.24, 2.45) is 0 Å². The third kappa shape index (κ3) is 10.0. The molecule has 37 fully saturated rings. The third-order valence-corrected chi connectivity index (χ3v) is 2460. The lowest BCUT2D eigenvalue weighted by atomic mass is 10.6. The van der Waals surface area contributed by atoms with Gasteiger partial charge in [-0.25, -0.2) is 0 Å². The maximum Gasteiger partial charge on any atom is 0.0960 e. The molecule has 37 aliphatic heterocycles. The molecule has 32 unspecified atom stereocenters. The summed E-state index contributed by atoms with van der Waals surface area (Å²) in [6, 6.07) is 0. The van der Waals surface area contributed by atoms with Gasteiger partial charge >= 0.3 is 0 Å². The Morgan fingerprint density at radius 2 is 0.289 bits per heavy atom. The summed E-state index contributed by atoms with van der Waals surface area (Å²) in [5.74, 6) is 0. The summed E-state index contributed by atoms with van der Waals surface area (Å²) in [5.41, 5.74) is 21.1. The molecule has 0 aromatic carbocycles. The quantitative estimate of drug-likeness (QED) is 0.233. The highest BCUT2D eigenvalue weighted by atomic mass is 31.0. The molecule has 0 spiro atoms. The van der Waals surface area contributed by atoms with Gasteiger partial charge in [0.1, 0.15) is 0 Å². The minimum absolute atomic E-state index is 0.639. The lowest BCUT2D eigenvalue weighted by molar-refractivity contribution is 2.76. The average Bonchev–Trinajstić information content (AvgIpc) is 1.48. The van der Waals surface area contributed by atoms with Crippen LogP contribution in [0.15, 0.2) is 0 Å². The second kappa shape index (κ2) is 28.8. The first-order valence-electron chi connectivity index (χ1n) is 48.0. The summed E-state index contributed by atoms with van der Waals surface area (Å²) in [5, 5.41) is 0. The Bertz CT molecular complexity index is 2440. The van der Waals surface area contributed by atoms with Crippen LogP contribution in [-0.2, 0) is 0 Å². The van der Waals surface area contributed by atoms with Crippen molar-refractivity contribution in [3.05, 3.63) is 0 Å². The van der Waals surface area contributed by atoms with Crippen molar-refractivity contribution in [2.75, 3.05) is 0 Å². The van der Waals surface area contributed by atoms with Gasteiger partial charge in [0.15, 0.2) is 0 Å². The fourth-order valence-electron chi connectivity index (χ4n) is 44.8. The van der Waals surface area contributed by atoms with Crippen LogP contribution in [0, 0.1) is 0 Å². The summed E-state index contributed by atoms with van der Waals surface area (Å²) in [7, 11) is 63.8. The van der Waals surface area contributed by atoms with Crippen molar-refractivity contribution in [1.82, 2.24) is 0 Å². The first kappa shape index (κ1) is 74.0. The van der Waals surface area contributed by atoms with Crippen molar-refractivity contribution >= 4 is 751 Å². The first-order valence-corrected chi connectivity index (χ1v) is 348. The van der Waals surface area contributed by atoms with E-state index in [0.29, 0.717) is 276 Å². The Morgan fingerprint density at radius 3 is 0.485 bits per heavy atom. The molecule has 32 atom stereocenters. The monoisotopic (exact) mass is 2620 g/mol. The Labute approximate surface area is 735 Å². The number of rotatable bonds is 6. The number of hydrogen-bond donors (Lipinski definition) is 0. The van der Waals surface area contributed by atoms with Crippen LogP contribution in [0.1, 0.15) is 0 Å². The van der Waals surface area contributed by atoms with E-state index in [1.54, 1.807) is 16.5 Å². The highest BCUT2D eigenvalue weighted by Crippen LogP contribution is 2.67. The summed E-state index contributed by atoms with van der Waals surface area (Å²) < 4.78 is 0. The standard InChI is InChI=1S/B2H22Si11.B2H20Si10.B2H18Si9.BH13Si13.BH11Si11.BH9Si9.BH7Si7.BH5Si5.BH10Si5.BH8Si4/c3(1-4-8-12-9-5-1)2-6-10-13-11-7-2;3(1-4-8-9-5-1)2-6-10-12-11-7-2;3(1-4-8-9-5-1)2-6-10-11-7-2;1-2-5-3(1)7-9(5)13-11(7)12-8-4(1)6(2)10(8)14(12)13;1-2-5-3(1)7-9(5)12-10-6(2)4(1)8(10)11(7)12;1-2-5-3(1)7-8-4(1)6(2)10(8)9(5)7;1-2-5-3(1)7-4(1)6(2)8(5)7;1-2-3(1)6-4(1)5(2)6;1-2-4-6-5-3-1;1-2-4-5-3-1/h3-13H2;3-12H2;3-11H2;2-14H;2-12H;2-10H;2-8H;2-6H;2-6H2;2-5H2. The van der Waals surface area contributed by atoms with Crippen LogP contribution < -0.4 is 0 Å². The lowest BCUT2D eigenvalue weighted by Gasteiger charge is -3.00. The zero-order valence-electron chi connectivity index (χ0n) is 61.1. The highest BCUT2D eigenvalue weighted by molar-refractivity contribution is 8.80. The zero-order valence-corrected chi connectivity index (χ0v) is 168. The van der Waals surface area contributed by atoms with Gasteiger partial charge in [0, 0.05) is 0 Å². The highest BCUT2D eigenvalue weighted by Gasteiger charge is 3.05. The third-order valence-electron chi connectivity index (χ3n) is 47.0. The second-order valence-corrected chi connectivity index (χ2v) is 910. The van der Waals surface area contributed by atoms with Gasteiger partial charge in [-0.3, -0.25) is 0 Å². The minimum Gasteiger partial charge on any atom is -0.0426 e. The van der Waals surface area contributed by atoms with E-state index in [1.165, 1.54) is 0 Å². The molecule has 37 rings (SSSR count). The van der Waals surface area contributed by atoms with Gasteiger partial charge in [0.25, 0.3) is 0 Å². The van der Waals surface area contributed by atoms with Crippen LogP contribution >= 0.6 is 0 Å². The molecular formula is H123B13Si84. The van der Waals surface area contributed by atoms with Gasteiger partial charge in [-0.2, -0.15) is 0 Å². The van der Waals surface area contributed by atoms with E-state index in [9.17, 15) is 0 Å². The molecule has 0 nitrogen and oxygen atoms in total. The van der Waals surface area contributed by atoms with E-state index in [4.69, 9.17) is 0 Å². The minimum atomic E-state index is 0.639. The molecule has 0 saturated carbocycles. The van der Waals surface area contributed by atoms with Gasteiger partial charge < -0.3 is 0 Å². The van der Waals surface area contributed by atoms with E-state index in [-0.39, 0.29) is 0 Å². The van der Waals surface area contributed by atoms with Crippen molar-refractivity contribution in [2.45, 2.75) is 0 Å². The van der Waals surface area contributed by atoms with Crippen LogP contribution in [0.25, 0.3) is 0 Å². The van der Waals surface area contributed by atoms with Gasteiger partial charge in [-0.05, 0) is 677 Å². The predicted molar refractivity (Wildman–Crippen MR) is 730 cm³/mol. The van der Waals surface area contributed by atoms with Gasteiger partial charge in [0.2, 0.25) is 0 Å². The topological polar surface area (TPSA) is 0 Å². The van der Waals surface area contributed by atoms with E-state index < -0.39 is 0 Å². The van der Waals surface area contributed by atoms with Gasteiger partial charge in [-0.1, -0.05) is 0 Å². The first-order chi connectivity index (χ1) is 48.3. The molecule has 97 heteroatoms. The largest absolute Gasteiger partial charge is 0.0960 e. The van der Waals surface area contributed by atoms with E-state index >= 15 is 0 Å². The van der Waals surface area contributed by atoms with Crippen LogP contribution in [0.5, 0.6) is 0 Å². The maximum absolute atomic E-state index is 2.83. The fraction of sp³-hybridized carbons (Fsp3) is 0. The van der Waals surface area contributed by atoms with Crippen molar-refractivity contribution in [1.29, 1.82) is 0 Å². The molecule has 0 aromatic rings. The predicted octanol–water partition coefficient (Wildman–Crippen LogP) is -69.9. The van der Waals surface area contributed by atoms with Gasteiger partial charge in [-0.15, -0.1) is 0 Å². The molecule has 0 amide bonds. The summed E-state index contributed by atoms with van der Waals surface area (Å²) in [6.07, 6.45) is 0. The molecular weight excluding hydrogens is 2500 g/mol. The SMILES string of the molecule is B12[SiH]3[SiH]1[SiH]1[SiH]2[SiH]31.B12[SiH]3[SiH]4[SiH]1[SiH]1[SiH]2[SiH]3[SiH]41.B12[SiH]3[SiH]4[SiH]1[SiH]1[SiH]4[SiH]4[SiH]1[SiH]1[SiH]5[SiH]2[SiH]3[SiH]5[SiH]14.B12[SiH]3[SiH]4[SiH]1[SiH]1[SiH]4[SiH]4[SiH]5[SiH]3[SiH]2[SiH]5[SiH]14.B12[SiH]3[SiH]4[SiH]1[SiH]1[SiH]5[SiH]2[SiH]3[SiH]5[SiH]41.[B]1[SiH2][SiH2][SiH2][SiH2]1.[B]1[SiH2][SiH2][SiH2][SiH2][SiH2]1.[SiH2]1[SiH2][SiH2]B([SiH2]B2[SiH2][SiH2][SiH2][SiH2]2)[SiH2]1.[SiH2]1[SiH2][SiH2]B([SiH2]B2[SiH2][SiH2][SiH2][SiH2]2)[SiH2][SiH2]1.[SiH2]1[SiH2][SiH2]B([SiH2]B2[SiH2][SiH2][SiH2][SiH2][SiH2]2)[SiH2][SiH2]1. The maximum atomic E-state index is 2.83. The van der Waals surface area contributed by atoms with Gasteiger partial charge in [0.05, 0.1) is 73.3 Å². The van der Waals surface area contributed by atoms with Crippen molar-refractivity contribution < 1.29 is 0 Å². The van der Waals surface area contributed by atoms with E-state index in [1.807, 2.05) is 27.4 Å². The lowest BCUT2D eigenvalue weighted by Crippen LogP contribution is -3.38. The van der Waals surface area contributed by atoms with Crippen LogP contribution in [0.4, 0.5) is 0 Å². The Kier molecular flexibility index (Phi) is 22.0. The molecule has 37 aliphatic rings. The summed E-state index contributed by atoms with van der Waals surface area (Å²) >= 11 is 0. The zero-order chi connectivity index (χ0) is 61.3. The fourth-order valence-corrected chi connectivity index (χ4v) is 6080. The molecule has 37 heterocycles. The van der Waals surface area contributed by atoms with E-state index in [0.717, 1.165) is 401 Å². The second-order valence-electron chi connectivity index (χ2n) is 47.0. The molecule has 0 aliphatic carbocycles. The molecule has 498 valence electrons. The smallest absolute Gasteiger partial charge is 0.0426 e. The molecule has 2 radical (unpaired) electrons. The molecule has 97 heavy (non-hydrogen) atoms. The van der Waals surface area contributed by atoms with Crippen LogP contribution in [-0.4, -0.2) is 751 Å². The van der Waals surface area contributed by atoms with E-state index in [2.05, 4.69) is 29.4 Å². The molecule has 0 aromatic heterocycles. The molecule has 37 saturated heterocycles. The van der Waals surface area contributed by atoms with Crippen molar-refractivity contribution in [3.8, 4) is 0 Å². The Balaban J connectivity index is 0.0000000604. The Hall–Kier alpha value is 19.1. The molecule has 0 N–H and O–H groups in total. The van der Waals surface area contributed by atoms with Crippen molar-refractivity contribution in [3.63, 3.8) is 0 Å².